The Kier molecular flexibility index (Phi) is 5.95. The summed E-state index contributed by atoms with van der Waals surface area (Å²) in [6.45, 7) is 7.55. The molecule has 0 aliphatic heterocycles. The van der Waals surface area contributed by atoms with Crippen molar-refractivity contribution < 1.29 is 14.1 Å². The zero-order valence-electron chi connectivity index (χ0n) is 18.8. The molecule has 6 nitrogen and oxygen atoms in total. The van der Waals surface area contributed by atoms with Crippen LogP contribution in [0.25, 0.3) is 22.2 Å². The van der Waals surface area contributed by atoms with Gasteiger partial charge in [-0.05, 0) is 63.1 Å². The lowest BCUT2D eigenvalue weighted by molar-refractivity contribution is 0.0503. The highest BCUT2D eigenvalue weighted by atomic mass is 16.6. The highest BCUT2D eigenvalue weighted by molar-refractivity contribution is 5.92. The third kappa shape index (κ3) is 4.97. The summed E-state index contributed by atoms with van der Waals surface area (Å²) in [4.78, 5) is 17.1. The Morgan fingerprint density at radius 3 is 2.62 bits per heavy atom. The van der Waals surface area contributed by atoms with E-state index in [4.69, 9.17) is 9.26 Å². The van der Waals surface area contributed by atoms with Gasteiger partial charge in [0.1, 0.15) is 11.3 Å². The van der Waals surface area contributed by atoms with Gasteiger partial charge in [0.05, 0.1) is 6.04 Å². The van der Waals surface area contributed by atoms with Crippen molar-refractivity contribution in [2.24, 2.45) is 0 Å². The number of carbonyl (C=O) groups is 1. The summed E-state index contributed by atoms with van der Waals surface area (Å²) in [5.74, 6) is 0. The molecule has 32 heavy (non-hydrogen) atoms. The predicted octanol–water partition coefficient (Wildman–Crippen LogP) is 6.01. The van der Waals surface area contributed by atoms with E-state index in [9.17, 15) is 4.79 Å². The van der Waals surface area contributed by atoms with Gasteiger partial charge in [-0.2, -0.15) is 0 Å². The molecule has 164 valence electrons. The van der Waals surface area contributed by atoms with E-state index in [-0.39, 0.29) is 6.04 Å². The Hall–Kier alpha value is -3.67. The number of fused-ring (bicyclic) bond motifs is 1. The van der Waals surface area contributed by atoms with E-state index in [2.05, 4.69) is 15.5 Å². The Balaban J connectivity index is 1.76. The van der Waals surface area contributed by atoms with E-state index in [1.165, 1.54) is 0 Å². The first-order valence-electron chi connectivity index (χ1n) is 10.6. The summed E-state index contributed by atoms with van der Waals surface area (Å²) in [7, 11) is 0. The number of carbonyl (C=O) groups excluding carboxylic acids is 1. The molecule has 4 aromatic rings. The second kappa shape index (κ2) is 8.83. The van der Waals surface area contributed by atoms with Crippen molar-refractivity contribution in [3.8, 4) is 11.3 Å². The maximum Gasteiger partial charge on any atom is 0.408 e. The first-order valence-corrected chi connectivity index (χ1v) is 10.6. The van der Waals surface area contributed by atoms with Crippen LogP contribution in [0.4, 0.5) is 4.79 Å². The van der Waals surface area contributed by atoms with Gasteiger partial charge >= 0.3 is 6.09 Å². The molecule has 6 heteroatoms. The molecular weight excluding hydrogens is 402 g/mol. The van der Waals surface area contributed by atoms with Gasteiger partial charge in [0.15, 0.2) is 5.58 Å². The third-order valence-electron chi connectivity index (χ3n) is 5.05. The number of nitrogens with one attached hydrogen (secondary N) is 1. The van der Waals surface area contributed by atoms with Crippen LogP contribution < -0.4 is 5.32 Å². The fourth-order valence-corrected chi connectivity index (χ4v) is 3.67. The second-order valence-corrected chi connectivity index (χ2v) is 8.84. The molecule has 0 aliphatic rings. The zero-order chi connectivity index (χ0) is 22.7. The Morgan fingerprint density at radius 2 is 1.88 bits per heavy atom. The molecule has 1 atom stereocenters. The number of hydrogen-bond donors (Lipinski definition) is 1. The largest absolute Gasteiger partial charge is 0.444 e. The van der Waals surface area contributed by atoms with Crippen molar-refractivity contribution in [2.75, 3.05) is 0 Å². The van der Waals surface area contributed by atoms with Gasteiger partial charge in [-0.15, -0.1) is 0 Å². The Bertz CT molecular complexity index is 1230. The Labute approximate surface area is 187 Å². The van der Waals surface area contributed by atoms with Crippen LogP contribution in [0.3, 0.4) is 0 Å². The lowest BCUT2D eigenvalue weighted by Crippen LogP contribution is -2.36. The highest BCUT2D eigenvalue weighted by Gasteiger charge is 2.25. The van der Waals surface area contributed by atoms with Crippen LogP contribution in [-0.4, -0.2) is 21.8 Å². The van der Waals surface area contributed by atoms with Crippen molar-refractivity contribution >= 4 is 17.1 Å². The van der Waals surface area contributed by atoms with Gasteiger partial charge in [0, 0.05) is 29.3 Å². The molecule has 0 fully saturated rings. The number of aromatic nitrogens is 2. The van der Waals surface area contributed by atoms with E-state index in [0.29, 0.717) is 6.42 Å². The Morgan fingerprint density at radius 1 is 1.09 bits per heavy atom. The minimum atomic E-state index is -0.598. The van der Waals surface area contributed by atoms with Gasteiger partial charge < -0.3 is 14.6 Å². The fourth-order valence-electron chi connectivity index (χ4n) is 3.67. The SMILES string of the molecule is Cc1ccc2c(-c3ccccc3[C@H](Cc3ccccn3)NC(=O)OC(C)(C)C)noc2c1. The summed E-state index contributed by atoms with van der Waals surface area (Å²) in [6.07, 6.45) is 1.78. The lowest BCUT2D eigenvalue weighted by atomic mass is 9.93. The molecule has 0 radical (unpaired) electrons. The first kappa shape index (κ1) is 21.6. The average Bonchev–Trinajstić information content (AvgIpc) is 3.15. The molecule has 0 bridgehead atoms. The minimum absolute atomic E-state index is 0.367. The zero-order valence-corrected chi connectivity index (χ0v) is 18.8. The van der Waals surface area contributed by atoms with Crippen LogP contribution in [0.15, 0.2) is 71.4 Å². The third-order valence-corrected chi connectivity index (χ3v) is 5.05. The summed E-state index contributed by atoms with van der Waals surface area (Å²) >= 11 is 0. The maximum atomic E-state index is 12.7. The van der Waals surface area contributed by atoms with Gasteiger partial charge in [-0.25, -0.2) is 4.79 Å². The van der Waals surface area contributed by atoms with Crippen LogP contribution in [0.1, 0.15) is 43.6 Å². The van der Waals surface area contributed by atoms with Crippen molar-refractivity contribution in [3.05, 3.63) is 83.7 Å². The van der Waals surface area contributed by atoms with E-state index in [1.807, 2.05) is 88.4 Å². The van der Waals surface area contributed by atoms with E-state index < -0.39 is 11.7 Å². The fraction of sp³-hybridized carbons (Fsp3) is 0.269. The van der Waals surface area contributed by atoms with Crippen LogP contribution in [0, 0.1) is 6.92 Å². The molecule has 0 saturated heterocycles. The first-order chi connectivity index (χ1) is 15.3. The molecule has 2 aromatic heterocycles. The van der Waals surface area contributed by atoms with Crippen molar-refractivity contribution in [1.82, 2.24) is 15.5 Å². The number of ether oxygens (including phenoxy) is 1. The van der Waals surface area contributed by atoms with Gasteiger partial charge in [-0.1, -0.05) is 41.6 Å². The molecule has 0 unspecified atom stereocenters. The highest BCUT2D eigenvalue weighted by Crippen LogP contribution is 2.34. The number of pyridine rings is 1. The van der Waals surface area contributed by atoms with E-state index in [0.717, 1.165) is 39.0 Å². The number of hydrogen-bond acceptors (Lipinski definition) is 5. The second-order valence-electron chi connectivity index (χ2n) is 8.84. The molecular formula is C26H27N3O3. The number of amides is 1. The van der Waals surface area contributed by atoms with Crippen molar-refractivity contribution in [3.63, 3.8) is 0 Å². The smallest absolute Gasteiger partial charge is 0.408 e. The summed E-state index contributed by atoms with van der Waals surface area (Å²) in [5, 5.41) is 8.33. The standard InChI is InChI=1S/C26H27N3O3/c1-17-12-13-21-23(15-17)32-29-24(21)20-11-6-5-10-19(20)22(16-18-9-7-8-14-27-18)28-25(30)31-26(2,3)4/h5-15,22H,16H2,1-4H3,(H,28,30)/t22-/m0/s1. The number of alkyl carbamates (subject to hydrolysis) is 1. The summed E-state index contributed by atoms with van der Waals surface area (Å²) < 4.78 is 11.1. The molecule has 2 heterocycles. The normalized spacial score (nSPS) is 12.5. The molecule has 0 saturated carbocycles. The molecule has 1 N–H and O–H groups in total. The maximum absolute atomic E-state index is 12.7. The van der Waals surface area contributed by atoms with Gasteiger partial charge in [-0.3, -0.25) is 4.98 Å². The number of rotatable bonds is 5. The molecule has 2 aromatic carbocycles. The molecule has 0 spiro atoms. The summed E-state index contributed by atoms with van der Waals surface area (Å²) in [6, 6.07) is 19.3. The van der Waals surface area contributed by atoms with Crippen LogP contribution in [0.2, 0.25) is 0 Å². The van der Waals surface area contributed by atoms with Crippen molar-refractivity contribution in [1.29, 1.82) is 0 Å². The quantitative estimate of drug-likeness (QED) is 0.421. The van der Waals surface area contributed by atoms with E-state index >= 15 is 0 Å². The minimum Gasteiger partial charge on any atom is -0.444 e. The van der Waals surface area contributed by atoms with Gasteiger partial charge in [0.25, 0.3) is 0 Å². The van der Waals surface area contributed by atoms with E-state index in [1.54, 1.807) is 6.20 Å². The summed E-state index contributed by atoms with van der Waals surface area (Å²) in [5.41, 5.74) is 4.66. The average molecular weight is 430 g/mol. The topological polar surface area (TPSA) is 77.2 Å². The molecule has 4 rings (SSSR count). The number of nitrogens with zero attached hydrogens (tertiary/aromatic N) is 2. The van der Waals surface area contributed by atoms with Crippen LogP contribution in [0.5, 0.6) is 0 Å². The van der Waals surface area contributed by atoms with Crippen molar-refractivity contribution in [2.45, 2.75) is 45.8 Å². The predicted molar refractivity (Wildman–Crippen MR) is 124 cm³/mol. The van der Waals surface area contributed by atoms with Crippen LogP contribution in [-0.2, 0) is 11.2 Å². The molecule has 0 aliphatic carbocycles. The monoisotopic (exact) mass is 429 g/mol. The number of benzene rings is 2. The lowest BCUT2D eigenvalue weighted by Gasteiger charge is -2.25. The van der Waals surface area contributed by atoms with Crippen LogP contribution >= 0.6 is 0 Å². The molecule has 1 amide bonds. The van der Waals surface area contributed by atoms with Gasteiger partial charge in [0.2, 0.25) is 0 Å². The number of aryl methyl sites for hydroxylation is 1.